The Morgan fingerprint density at radius 1 is 1.21 bits per heavy atom. The lowest BCUT2D eigenvalue weighted by atomic mass is 9.70. The van der Waals surface area contributed by atoms with Crippen LogP contribution in [0.5, 0.6) is 0 Å². The molecule has 0 spiro atoms. The Labute approximate surface area is 118 Å². The van der Waals surface area contributed by atoms with E-state index >= 15 is 0 Å². The van der Waals surface area contributed by atoms with Crippen molar-refractivity contribution in [3.05, 3.63) is 39.9 Å². The molecule has 19 heavy (non-hydrogen) atoms. The lowest BCUT2D eigenvalue weighted by Gasteiger charge is -2.39. The number of carbonyl (C=O) groups excluding carboxylic acids is 1. The van der Waals surface area contributed by atoms with Crippen molar-refractivity contribution >= 4 is 23.0 Å². The number of rotatable bonds is 1. The molecule has 0 heterocycles. The molecule has 0 N–H and O–H groups in total. The minimum absolute atomic E-state index is 0.0353. The third-order valence-corrected chi connectivity index (χ3v) is 4.67. The number of hydrogen-bond acceptors (Lipinski definition) is 2. The van der Waals surface area contributed by atoms with Crippen molar-refractivity contribution in [1.82, 2.24) is 0 Å². The first kappa shape index (κ1) is 12.9. The largest absolute Gasteiger partial charge is 0.366 e. The second-order valence-electron chi connectivity index (χ2n) is 5.42. The van der Waals surface area contributed by atoms with Crippen molar-refractivity contribution in [3.8, 4) is 0 Å². The highest BCUT2D eigenvalue weighted by atomic mass is 35.5. The van der Waals surface area contributed by atoms with Crippen LogP contribution in [-0.2, 0) is 4.74 Å². The second-order valence-corrected chi connectivity index (χ2v) is 5.86. The molecular weight excluding hydrogens is 260 g/mol. The van der Waals surface area contributed by atoms with Crippen LogP contribution in [-0.4, -0.2) is 18.5 Å². The maximum atomic E-state index is 12.8. The van der Waals surface area contributed by atoms with E-state index in [0.717, 1.165) is 24.8 Å². The number of fused-ring (bicyclic) bond motifs is 2. The smallest absolute Gasteiger partial charge is 0.199 e. The summed E-state index contributed by atoms with van der Waals surface area (Å²) in [5, 5.41) is 0.602. The molecule has 100 valence electrons. The van der Waals surface area contributed by atoms with E-state index in [0.29, 0.717) is 10.6 Å². The van der Waals surface area contributed by atoms with Crippen molar-refractivity contribution < 1.29 is 9.53 Å². The number of hydrogen-bond donors (Lipinski definition) is 0. The van der Waals surface area contributed by atoms with Gasteiger partial charge in [0, 0.05) is 17.7 Å². The molecular formula is C16H17ClO2. The zero-order valence-corrected chi connectivity index (χ0v) is 12.0. The fourth-order valence-electron chi connectivity index (χ4n) is 3.31. The highest BCUT2D eigenvalue weighted by Crippen LogP contribution is 2.46. The van der Waals surface area contributed by atoms with E-state index in [-0.39, 0.29) is 5.78 Å². The van der Waals surface area contributed by atoms with Crippen LogP contribution in [0, 0.1) is 0 Å². The average molecular weight is 277 g/mol. The van der Waals surface area contributed by atoms with Crippen LogP contribution in [0.4, 0.5) is 0 Å². The van der Waals surface area contributed by atoms with E-state index in [1.807, 2.05) is 19.1 Å². The van der Waals surface area contributed by atoms with E-state index in [2.05, 4.69) is 0 Å². The molecule has 0 aromatic heterocycles. The lowest BCUT2D eigenvalue weighted by molar-refractivity contribution is 0.0289. The Morgan fingerprint density at radius 3 is 2.68 bits per heavy atom. The normalized spacial score (nSPS) is 26.2. The van der Waals surface area contributed by atoms with Gasteiger partial charge in [-0.05, 0) is 61.4 Å². The maximum Gasteiger partial charge on any atom is 0.199 e. The Hall–Kier alpha value is -1.12. The molecule has 0 fully saturated rings. The number of Topliss-reactive ketones (excluding diaryl/α,β-unsaturated/α-hetero) is 1. The first-order valence-electron chi connectivity index (χ1n) is 6.70. The number of halogens is 1. The van der Waals surface area contributed by atoms with Gasteiger partial charge in [-0.2, -0.15) is 0 Å². The topological polar surface area (TPSA) is 26.3 Å². The predicted molar refractivity (Wildman–Crippen MR) is 76.6 cm³/mol. The zero-order chi connectivity index (χ0) is 13.6. The number of benzene rings is 1. The Morgan fingerprint density at radius 2 is 1.95 bits per heavy atom. The van der Waals surface area contributed by atoms with Crippen LogP contribution < -0.4 is 0 Å². The van der Waals surface area contributed by atoms with Crippen LogP contribution in [0.3, 0.4) is 0 Å². The Bertz CT molecular complexity index is 588. The minimum Gasteiger partial charge on any atom is -0.366 e. The van der Waals surface area contributed by atoms with Gasteiger partial charge in [-0.25, -0.2) is 0 Å². The average Bonchev–Trinajstić information content (AvgIpc) is 2.44. The van der Waals surface area contributed by atoms with Gasteiger partial charge in [0.05, 0.1) is 0 Å². The number of ketones is 1. The third kappa shape index (κ3) is 1.78. The van der Waals surface area contributed by atoms with Crippen LogP contribution in [0.25, 0.3) is 5.57 Å². The lowest BCUT2D eigenvalue weighted by Crippen LogP contribution is -2.43. The molecule has 1 atom stereocenters. The monoisotopic (exact) mass is 276 g/mol. The van der Waals surface area contributed by atoms with E-state index in [1.54, 1.807) is 13.2 Å². The van der Waals surface area contributed by atoms with Crippen molar-refractivity contribution in [2.45, 2.75) is 38.2 Å². The van der Waals surface area contributed by atoms with Gasteiger partial charge in [-0.1, -0.05) is 17.7 Å². The highest BCUT2D eigenvalue weighted by molar-refractivity contribution is 6.31. The highest BCUT2D eigenvalue weighted by Gasteiger charge is 2.44. The standard InChI is InChI=1S/C16H17ClO2/c1-16(19-2)14-6-4-3-5-12(14)11-8-7-10(17)9-13(11)15(16)18/h7-9H,3-6H2,1-2H3. The summed E-state index contributed by atoms with van der Waals surface area (Å²) in [5.74, 6) is 0.0353. The first-order valence-corrected chi connectivity index (χ1v) is 7.08. The summed E-state index contributed by atoms with van der Waals surface area (Å²) >= 11 is 6.04. The molecule has 0 radical (unpaired) electrons. The van der Waals surface area contributed by atoms with E-state index in [9.17, 15) is 4.79 Å². The van der Waals surface area contributed by atoms with Gasteiger partial charge in [0.2, 0.25) is 0 Å². The number of methoxy groups -OCH3 is 1. The van der Waals surface area contributed by atoms with E-state index in [4.69, 9.17) is 16.3 Å². The summed E-state index contributed by atoms with van der Waals surface area (Å²) < 4.78 is 5.61. The summed E-state index contributed by atoms with van der Waals surface area (Å²) in [6, 6.07) is 5.61. The van der Waals surface area contributed by atoms with Gasteiger partial charge in [-0.15, -0.1) is 0 Å². The molecule has 3 rings (SSSR count). The van der Waals surface area contributed by atoms with Crippen molar-refractivity contribution in [2.24, 2.45) is 0 Å². The molecule has 0 aliphatic heterocycles. The molecule has 2 nitrogen and oxygen atoms in total. The fraction of sp³-hybridized carbons (Fsp3) is 0.438. The minimum atomic E-state index is -0.812. The SMILES string of the molecule is COC1(C)C(=O)c2cc(Cl)ccc2C2=C1CCCC2. The molecule has 2 aliphatic carbocycles. The Kier molecular flexibility index (Phi) is 3.03. The predicted octanol–water partition coefficient (Wildman–Crippen LogP) is 4.27. The van der Waals surface area contributed by atoms with Crippen molar-refractivity contribution in [3.63, 3.8) is 0 Å². The van der Waals surface area contributed by atoms with Crippen LogP contribution >= 0.6 is 11.6 Å². The van der Waals surface area contributed by atoms with Crippen molar-refractivity contribution in [1.29, 1.82) is 0 Å². The Balaban J connectivity index is 2.29. The summed E-state index contributed by atoms with van der Waals surface area (Å²) in [5.41, 5.74) is 3.41. The molecule has 0 bridgehead atoms. The van der Waals surface area contributed by atoms with Crippen molar-refractivity contribution in [2.75, 3.05) is 7.11 Å². The van der Waals surface area contributed by atoms with Crippen LogP contribution in [0.2, 0.25) is 5.02 Å². The quantitative estimate of drug-likeness (QED) is 0.766. The van der Waals surface area contributed by atoms with Gasteiger partial charge in [-0.3, -0.25) is 4.79 Å². The summed E-state index contributed by atoms with van der Waals surface area (Å²) in [6.45, 7) is 1.89. The molecule has 0 saturated heterocycles. The molecule has 2 aliphatic rings. The van der Waals surface area contributed by atoms with Gasteiger partial charge in [0.15, 0.2) is 5.78 Å². The summed E-state index contributed by atoms with van der Waals surface area (Å²) in [4.78, 5) is 12.8. The van der Waals surface area contributed by atoms with Crippen LogP contribution in [0.1, 0.15) is 48.5 Å². The van der Waals surface area contributed by atoms with Gasteiger partial charge in [0.1, 0.15) is 5.60 Å². The van der Waals surface area contributed by atoms with Gasteiger partial charge in [0.25, 0.3) is 0 Å². The molecule has 0 amide bonds. The molecule has 0 saturated carbocycles. The second kappa shape index (κ2) is 4.46. The maximum absolute atomic E-state index is 12.8. The van der Waals surface area contributed by atoms with Gasteiger partial charge < -0.3 is 4.74 Å². The third-order valence-electron chi connectivity index (χ3n) is 4.44. The molecule has 1 aromatic carbocycles. The molecule has 3 heteroatoms. The molecule has 1 unspecified atom stereocenters. The zero-order valence-electron chi connectivity index (χ0n) is 11.3. The summed E-state index contributed by atoms with van der Waals surface area (Å²) in [7, 11) is 1.62. The van der Waals surface area contributed by atoms with Crippen LogP contribution in [0.15, 0.2) is 23.8 Å². The molecule has 1 aromatic rings. The summed E-state index contributed by atoms with van der Waals surface area (Å²) in [6.07, 6.45) is 4.28. The fourth-order valence-corrected chi connectivity index (χ4v) is 3.48. The van der Waals surface area contributed by atoms with Gasteiger partial charge >= 0.3 is 0 Å². The van der Waals surface area contributed by atoms with E-state index < -0.39 is 5.60 Å². The van der Waals surface area contributed by atoms with E-state index in [1.165, 1.54) is 17.6 Å². The number of allylic oxidation sites excluding steroid dienone is 1. The number of ether oxygens (including phenoxy) is 1. The first-order chi connectivity index (χ1) is 9.08. The number of carbonyl (C=O) groups is 1.